The van der Waals surface area contributed by atoms with E-state index in [0.717, 1.165) is 6.42 Å². The number of nitrogens with zero attached hydrogens (tertiary/aromatic N) is 3. The van der Waals surface area contributed by atoms with Crippen molar-refractivity contribution in [1.29, 1.82) is 0 Å². The van der Waals surface area contributed by atoms with Crippen molar-refractivity contribution in [3.63, 3.8) is 0 Å². The minimum Gasteiger partial charge on any atom is -0.303 e. The molecule has 0 aliphatic carbocycles. The summed E-state index contributed by atoms with van der Waals surface area (Å²) in [5.74, 6) is 0. The summed E-state index contributed by atoms with van der Waals surface area (Å²) in [6.45, 7) is 2.22. The third-order valence-electron chi connectivity index (χ3n) is 2.22. The van der Waals surface area contributed by atoms with Gasteiger partial charge in [-0.2, -0.15) is 0 Å². The van der Waals surface area contributed by atoms with E-state index in [1.807, 2.05) is 0 Å². The molecule has 0 rings (SSSR count). The monoisotopic (exact) mass is 186 g/mol. The van der Waals surface area contributed by atoms with Gasteiger partial charge in [-0.25, -0.2) is 0 Å². The van der Waals surface area contributed by atoms with E-state index in [1.165, 1.54) is 6.17 Å². The van der Waals surface area contributed by atoms with E-state index in [4.69, 9.17) is 0 Å². The van der Waals surface area contributed by atoms with Crippen molar-refractivity contribution < 1.29 is 0 Å². The van der Waals surface area contributed by atoms with Crippen LogP contribution in [0.15, 0.2) is 0 Å². The summed E-state index contributed by atoms with van der Waals surface area (Å²) in [4.78, 5) is 6.64. The molecule has 0 aliphatic heterocycles. The summed E-state index contributed by atoms with van der Waals surface area (Å²) in [7, 11) is 12.6. The maximum atomic E-state index is 2.26. The highest BCUT2D eigenvalue weighted by Gasteiger charge is 2.26. The lowest BCUT2D eigenvalue weighted by atomic mass is 10.1. The molecule has 0 saturated heterocycles. The van der Waals surface area contributed by atoms with Gasteiger partial charge in [-0.1, -0.05) is 6.92 Å². The molecule has 0 N–H and O–H groups in total. The van der Waals surface area contributed by atoms with Gasteiger partial charge in [-0.05, 0) is 48.7 Å². The molecular weight excluding hydrogens is 162 g/mol. The smallest absolute Gasteiger partial charge is 0.123 e. The number of hydrogen-bond acceptors (Lipinski definition) is 3. The van der Waals surface area contributed by atoms with Gasteiger partial charge in [0.15, 0.2) is 0 Å². The predicted octanol–water partition coefficient (Wildman–Crippen LogP) is 0.939. The zero-order valence-corrected chi connectivity index (χ0v) is 10.1. The molecule has 3 heteroatoms. The van der Waals surface area contributed by atoms with E-state index in [0.29, 0.717) is 6.04 Å². The van der Waals surface area contributed by atoms with E-state index in [1.54, 1.807) is 0 Å². The highest BCUT2D eigenvalue weighted by Crippen LogP contribution is 2.18. The number of rotatable bonds is 5. The van der Waals surface area contributed by atoms with Gasteiger partial charge in [-0.15, -0.1) is 0 Å². The molecule has 0 amide bonds. The Morgan fingerprint density at radius 2 is 1.31 bits per heavy atom. The Bertz CT molecular complexity index is 124. The van der Waals surface area contributed by atoms with Crippen molar-refractivity contribution in [2.24, 2.45) is 0 Å². The van der Waals surface area contributed by atoms with Gasteiger partial charge in [0.05, 0.1) is 0 Å². The average Bonchev–Trinajstić information content (AvgIpc) is 1.97. The van der Waals surface area contributed by atoms with Crippen molar-refractivity contribution in [3.8, 4) is 0 Å². The summed E-state index contributed by atoms with van der Waals surface area (Å²) in [5, 5.41) is 0. The molecule has 1 radical (unpaired) electrons. The lowest BCUT2D eigenvalue weighted by molar-refractivity contribution is 0.136. The van der Waals surface area contributed by atoms with E-state index < -0.39 is 0 Å². The van der Waals surface area contributed by atoms with Crippen molar-refractivity contribution in [3.05, 3.63) is 6.17 Å². The van der Waals surface area contributed by atoms with Gasteiger partial charge in [0.1, 0.15) is 6.17 Å². The maximum Gasteiger partial charge on any atom is 0.123 e. The lowest BCUT2D eigenvalue weighted by Gasteiger charge is -2.38. The summed E-state index contributed by atoms with van der Waals surface area (Å²) < 4.78 is 0. The highest BCUT2D eigenvalue weighted by molar-refractivity contribution is 4.95. The molecule has 0 heterocycles. The Morgan fingerprint density at radius 3 is 1.38 bits per heavy atom. The van der Waals surface area contributed by atoms with Crippen LogP contribution >= 0.6 is 0 Å². The second-order valence-corrected chi connectivity index (χ2v) is 4.03. The van der Waals surface area contributed by atoms with Crippen LogP contribution in [0, 0.1) is 6.17 Å². The van der Waals surface area contributed by atoms with E-state index >= 15 is 0 Å². The number of hydrogen-bond donors (Lipinski definition) is 0. The Balaban J connectivity index is 4.49. The SMILES string of the molecule is CCC([C](N(C)C)N(C)C)N(C)C. The van der Waals surface area contributed by atoms with Crippen LogP contribution in [0.4, 0.5) is 0 Å². The van der Waals surface area contributed by atoms with Gasteiger partial charge in [0.25, 0.3) is 0 Å². The van der Waals surface area contributed by atoms with Gasteiger partial charge < -0.3 is 4.90 Å². The largest absolute Gasteiger partial charge is 0.303 e. The van der Waals surface area contributed by atoms with Crippen LogP contribution < -0.4 is 0 Å². The Kier molecular flexibility index (Phi) is 5.53. The lowest BCUT2D eigenvalue weighted by Crippen LogP contribution is -2.47. The van der Waals surface area contributed by atoms with Crippen LogP contribution in [0.5, 0.6) is 0 Å². The molecule has 1 unspecified atom stereocenters. The molecule has 79 valence electrons. The Labute approximate surface area is 83.3 Å². The minimum absolute atomic E-state index is 0.505. The first-order valence-corrected chi connectivity index (χ1v) is 4.79. The summed E-state index contributed by atoms with van der Waals surface area (Å²) >= 11 is 0. The standard InChI is InChI=1S/C10H24N3/c1-8-9(11(2)3)10(12(4)5)13(6)7/h9H,8H2,1-7H3. The Morgan fingerprint density at radius 1 is 0.923 bits per heavy atom. The van der Waals surface area contributed by atoms with Crippen molar-refractivity contribution in [2.75, 3.05) is 42.3 Å². The second kappa shape index (κ2) is 5.58. The van der Waals surface area contributed by atoms with Crippen LogP contribution in [-0.2, 0) is 0 Å². The van der Waals surface area contributed by atoms with Gasteiger partial charge in [-0.3, -0.25) is 9.80 Å². The third kappa shape index (κ3) is 3.63. The molecule has 0 spiro atoms. The van der Waals surface area contributed by atoms with Gasteiger partial charge in [0.2, 0.25) is 0 Å². The molecule has 3 nitrogen and oxygen atoms in total. The molecule has 0 aromatic rings. The van der Waals surface area contributed by atoms with Crippen molar-refractivity contribution in [2.45, 2.75) is 19.4 Å². The van der Waals surface area contributed by atoms with Crippen LogP contribution in [-0.4, -0.2) is 63.0 Å². The molecule has 0 aromatic carbocycles. The highest BCUT2D eigenvalue weighted by atomic mass is 15.3. The van der Waals surface area contributed by atoms with Crippen LogP contribution in [0.2, 0.25) is 0 Å². The van der Waals surface area contributed by atoms with Crippen molar-refractivity contribution in [1.82, 2.24) is 14.7 Å². The summed E-state index contributed by atoms with van der Waals surface area (Å²) in [6.07, 6.45) is 2.49. The fraction of sp³-hybridized carbons (Fsp3) is 0.900. The molecule has 0 saturated carbocycles. The quantitative estimate of drug-likeness (QED) is 0.633. The number of likely N-dealkylation sites (N-methyl/N-ethyl adjacent to an activating group) is 3. The maximum absolute atomic E-state index is 2.26. The minimum atomic E-state index is 0.505. The fourth-order valence-electron chi connectivity index (χ4n) is 1.77. The van der Waals surface area contributed by atoms with E-state index in [-0.39, 0.29) is 0 Å². The summed E-state index contributed by atoms with van der Waals surface area (Å²) in [6, 6.07) is 0.505. The zero-order chi connectivity index (χ0) is 10.6. The molecule has 1 atom stereocenters. The zero-order valence-electron chi connectivity index (χ0n) is 10.1. The molecule has 13 heavy (non-hydrogen) atoms. The third-order valence-corrected chi connectivity index (χ3v) is 2.22. The topological polar surface area (TPSA) is 9.72 Å². The fourth-order valence-corrected chi connectivity index (χ4v) is 1.77. The van der Waals surface area contributed by atoms with Crippen LogP contribution in [0.25, 0.3) is 0 Å². The first-order valence-electron chi connectivity index (χ1n) is 4.79. The molecule has 0 aliphatic rings. The molecule has 0 bridgehead atoms. The molecule has 0 aromatic heterocycles. The average molecular weight is 186 g/mol. The van der Waals surface area contributed by atoms with E-state index in [2.05, 4.69) is 63.9 Å². The normalized spacial score (nSPS) is 15.0. The second-order valence-electron chi connectivity index (χ2n) is 4.03. The van der Waals surface area contributed by atoms with E-state index in [9.17, 15) is 0 Å². The molecule has 0 fully saturated rings. The Hall–Kier alpha value is -0.120. The van der Waals surface area contributed by atoms with Gasteiger partial charge >= 0.3 is 0 Å². The van der Waals surface area contributed by atoms with Crippen LogP contribution in [0.3, 0.4) is 0 Å². The van der Waals surface area contributed by atoms with Gasteiger partial charge in [0, 0.05) is 6.04 Å². The summed E-state index contributed by atoms with van der Waals surface area (Å²) in [5.41, 5.74) is 0. The predicted molar refractivity (Wildman–Crippen MR) is 58.4 cm³/mol. The molecular formula is C10H24N3. The van der Waals surface area contributed by atoms with Crippen LogP contribution in [0.1, 0.15) is 13.3 Å². The first kappa shape index (κ1) is 12.9. The van der Waals surface area contributed by atoms with Crippen molar-refractivity contribution >= 4 is 0 Å². The first-order chi connectivity index (χ1) is 5.91.